The number of carbonyl (C=O) groups excluding carboxylic acids is 1. The van der Waals surface area contributed by atoms with Crippen LogP contribution in [0.15, 0.2) is 0 Å². The lowest BCUT2D eigenvalue weighted by Crippen LogP contribution is -2.53. The molecule has 1 aliphatic heterocycles. The second kappa shape index (κ2) is 5.81. The molecule has 1 aliphatic rings. The molecule has 0 saturated carbocycles. The normalized spacial score (nSPS) is 21.4. The number of thiazole rings is 1. The zero-order valence-corrected chi connectivity index (χ0v) is 14.2. The molecular formula is C14H24N4O2S. The van der Waals surface area contributed by atoms with Crippen LogP contribution in [-0.2, 0) is 4.74 Å². The molecular weight excluding hydrogens is 288 g/mol. The minimum Gasteiger partial charge on any atom is -0.382 e. The summed E-state index contributed by atoms with van der Waals surface area (Å²) in [5.74, 6) is 0.265. The van der Waals surface area contributed by atoms with Crippen molar-refractivity contribution in [1.82, 2.24) is 9.88 Å². The number of ether oxygens (including phenoxy) is 1. The zero-order valence-electron chi connectivity index (χ0n) is 13.3. The Morgan fingerprint density at radius 1 is 1.62 bits per heavy atom. The van der Waals surface area contributed by atoms with Gasteiger partial charge in [-0.1, -0.05) is 11.3 Å². The van der Waals surface area contributed by atoms with Gasteiger partial charge < -0.3 is 20.3 Å². The summed E-state index contributed by atoms with van der Waals surface area (Å²) in [6, 6.07) is 0. The Labute approximate surface area is 129 Å². The summed E-state index contributed by atoms with van der Waals surface area (Å²) >= 11 is 1.35. The molecule has 1 aromatic rings. The van der Waals surface area contributed by atoms with Crippen molar-refractivity contribution in [3.8, 4) is 0 Å². The van der Waals surface area contributed by atoms with E-state index >= 15 is 0 Å². The number of carbonyl (C=O) groups is 1. The fraction of sp³-hybridized carbons (Fsp3) is 0.714. The van der Waals surface area contributed by atoms with Gasteiger partial charge in [0, 0.05) is 26.7 Å². The number of amides is 1. The van der Waals surface area contributed by atoms with E-state index in [1.807, 2.05) is 44.5 Å². The molecule has 118 valence electrons. The third-order valence-electron chi connectivity index (χ3n) is 3.49. The van der Waals surface area contributed by atoms with Gasteiger partial charge in [0.25, 0.3) is 5.91 Å². The molecule has 1 atom stereocenters. The lowest BCUT2D eigenvalue weighted by atomic mass is 10.1. The first kappa shape index (κ1) is 16.0. The molecule has 2 heterocycles. The summed E-state index contributed by atoms with van der Waals surface area (Å²) in [4.78, 5) is 21.3. The average molecular weight is 312 g/mol. The highest BCUT2D eigenvalue weighted by atomic mass is 32.1. The minimum absolute atomic E-state index is 0.0182. The van der Waals surface area contributed by atoms with Gasteiger partial charge in [0.2, 0.25) is 0 Å². The van der Waals surface area contributed by atoms with Gasteiger partial charge in [-0.25, -0.2) is 4.98 Å². The highest BCUT2D eigenvalue weighted by Gasteiger charge is 2.35. The van der Waals surface area contributed by atoms with Crippen LogP contribution in [0.2, 0.25) is 0 Å². The molecule has 1 amide bonds. The van der Waals surface area contributed by atoms with Gasteiger partial charge in [-0.2, -0.15) is 0 Å². The fourth-order valence-electron chi connectivity index (χ4n) is 2.52. The lowest BCUT2D eigenvalue weighted by Gasteiger charge is -2.41. The van der Waals surface area contributed by atoms with Crippen molar-refractivity contribution in [2.75, 3.05) is 37.3 Å². The molecule has 0 aliphatic carbocycles. The Morgan fingerprint density at radius 3 is 2.86 bits per heavy atom. The monoisotopic (exact) mass is 312 g/mol. The number of nitrogens with zero attached hydrogens (tertiary/aromatic N) is 3. The van der Waals surface area contributed by atoms with Crippen molar-refractivity contribution < 1.29 is 9.53 Å². The molecule has 0 aromatic carbocycles. The molecule has 2 N–H and O–H groups in total. The number of aromatic nitrogens is 1. The van der Waals surface area contributed by atoms with Crippen LogP contribution in [0.1, 0.15) is 37.4 Å². The van der Waals surface area contributed by atoms with Crippen molar-refractivity contribution in [3.63, 3.8) is 0 Å². The number of hydrogen-bond donors (Lipinski definition) is 1. The van der Waals surface area contributed by atoms with Crippen LogP contribution in [0, 0.1) is 0 Å². The van der Waals surface area contributed by atoms with E-state index in [0.717, 1.165) is 11.7 Å². The second-order valence-electron chi connectivity index (χ2n) is 6.10. The largest absolute Gasteiger partial charge is 0.382 e. The Kier molecular flexibility index (Phi) is 4.43. The molecule has 1 unspecified atom stereocenters. The minimum atomic E-state index is -0.337. The molecule has 1 aromatic heterocycles. The smallest absolute Gasteiger partial charge is 0.268 e. The number of anilines is 2. The molecule has 0 spiro atoms. The highest BCUT2D eigenvalue weighted by Crippen LogP contribution is 2.30. The topological polar surface area (TPSA) is 71.7 Å². The molecule has 0 bridgehead atoms. The Hall–Kier alpha value is -1.34. The summed E-state index contributed by atoms with van der Waals surface area (Å²) in [5, 5.41) is 0.777. The third kappa shape index (κ3) is 3.47. The van der Waals surface area contributed by atoms with E-state index < -0.39 is 0 Å². The van der Waals surface area contributed by atoms with Gasteiger partial charge in [0.15, 0.2) is 5.13 Å². The first-order valence-corrected chi connectivity index (χ1v) is 7.99. The van der Waals surface area contributed by atoms with Crippen LogP contribution in [0.4, 0.5) is 10.9 Å². The highest BCUT2D eigenvalue weighted by molar-refractivity contribution is 7.18. The maximum atomic E-state index is 12.7. The van der Waals surface area contributed by atoms with Gasteiger partial charge in [-0.15, -0.1) is 0 Å². The zero-order chi connectivity index (χ0) is 15.8. The summed E-state index contributed by atoms with van der Waals surface area (Å²) in [7, 11) is 1.94. The maximum absolute atomic E-state index is 12.7. The van der Waals surface area contributed by atoms with Gasteiger partial charge in [0.05, 0.1) is 11.7 Å². The Balaban J connectivity index is 2.22. The summed E-state index contributed by atoms with van der Waals surface area (Å²) < 4.78 is 5.84. The van der Waals surface area contributed by atoms with E-state index in [9.17, 15) is 4.79 Å². The van der Waals surface area contributed by atoms with Crippen molar-refractivity contribution in [3.05, 3.63) is 4.88 Å². The average Bonchev–Trinajstić information content (AvgIpc) is 2.76. The third-order valence-corrected chi connectivity index (χ3v) is 4.67. The Morgan fingerprint density at radius 2 is 2.29 bits per heavy atom. The van der Waals surface area contributed by atoms with Crippen molar-refractivity contribution in [1.29, 1.82) is 0 Å². The summed E-state index contributed by atoms with van der Waals surface area (Å²) in [6.07, 6.45) is 0.0182. The van der Waals surface area contributed by atoms with E-state index in [1.165, 1.54) is 11.3 Å². The molecule has 21 heavy (non-hydrogen) atoms. The van der Waals surface area contributed by atoms with Crippen molar-refractivity contribution in [2.24, 2.45) is 0 Å². The number of nitrogen functional groups attached to an aromatic ring is 1. The lowest BCUT2D eigenvalue weighted by molar-refractivity contribution is -0.118. The van der Waals surface area contributed by atoms with Crippen molar-refractivity contribution >= 4 is 28.2 Å². The standard InChI is InChI=1S/C14H24N4O2S/c1-6-17(5)13-16-11(15)10(21-13)12(19)18-7-9(2)20-14(3,4)8-18/h9H,6-8,15H2,1-5H3. The Bertz CT molecular complexity index is 529. The van der Waals surface area contributed by atoms with Gasteiger partial charge in [0.1, 0.15) is 10.7 Å². The van der Waals surface area contributed by atoms with Gasteiger partial charge in [-0.3, -0.25) is 4.79 Å². The molecule has 1 fully saturated rings. The van der Waals surface area contributed by atoms with Crippen LogP contribution in [-0.4, -0.2) is 54.2 Å². The van der Waals surface area contributed by atoms with Crippen LogP contribution < -0.4 is 10.6 Å². The molecule has 6 nitrogen and oxygen atoms in total. The second-order valence-corrected chi connectivity index (χ2v) is 7.08. The van der Waals surface area contributed by atoms with Crippen LogP contribution in [0.3, 0.4) is 0 Å². The van der Waals surface area contributed by atoms with Gasteiger partial charge in [-0.05, 0) is 27.7 Å². The van der Waals surface area contributed by atoms with Crippen LogP contribution >= 0.6 is 11.3 Å². The van der Waals surface area contributed by atoms with E-state index in [1.54, 1.807) is 0 Å². The predicted octanol–water partition coefficient (Wildman–Crippen LogP) is 1.82. The first-order chi connectivity index (χ1) is 9.73. The molecule has 1 saturated heterocycles. The van der Waals surface area contributed by atoms with E-state index in [0.29, 0.717) is 23.8 Å². The maximum Gasteiger partial charge on any atom is 0.268 e. The number of rotatable bonds is 3. The van der Waals surface area contributed by atoms with E-state index in [2.05, 4.69) is 4.98 Å². The number of nitrogens with two attached hydrogens (primary N) is 1. The SMILES string of the molecule is CCN(C)c1nc(N)c(C(=O)N2CC(C)OC(C)(C)C2)s1. The number of morpholine rings is 1. The van der Waals surface area contributed by atoms with Crippen molar-refractivity contribution in [2.45, 2.75) is 39.4 Å². The van der Waals surface area contributed by atoms with Crippen LogP contribution in [0.5, 0.6) is 0 Å². The predicted molar refractivity (Wildman–Crippen MR) is 86.0 cm³/mol. The fourth-order valence-corrected chi connectivity index (χ4v) is 3.50. The summed E-state index contributed by atoms with van der Waals surface area (Å²) in [6.45, 7) is 9.97. The molecule has 7 heteroatoms. The van der Waals surface area contributed by atoms with E-state index in [4.69, 9.17) is 10.5 Å². The summed E-state index contributed by atoms with van der Waals surface area (Å²) in [5.41, 5.74) is 5.60. The van der Waals surface area contributed by atoms with E-state index in [-0.39, 0.29) is 17.6 Å². The molecule has 2 rings (SSSR count). The van der Waals surface area contributed by atoms with Crippen LogP contribution in [0.25, 0.3) is 0 Å². The van der Waals surface area contributed by atoms with Gasteiger partial charge >= 0.3 is 0 Å². The number of hydrogen-bond acceptors (Lipinski definition) is 6. The molecule has 0 radical (unpaired) electrons. The first-order valence-electron chi connectivity index (χ1n) is 7.18. The quantitative estimate of drug-likeness (QED) is 0.922.